The van der Waals surface area contributed by atoms with Gasteiger partial charge in [0.25, 0.3) is 5.56 Å². The molecule has 1 aromatic heterocycles. The largest absolute Gasteiger partial charge is 0.268 e. The van der Waals surface area contributed by atoms with Gasteiger partial charge in [-0.05, 0) is 18.9 Å². The van der Waals surface area contributed by atoms with Gasteiger partial charge >= 0.3 is 0 Å². The van der Waals surface area contributed by atoms with Gasteiger partial charge in [-0.25, -0.2) is 4.68 Å². The second-order valence-corrected chi connectivity index (χ2v) is 4.84. The molecule has 0 fully saturated rings. The minimum Gasteiger partial charge on any atom is -0.268 e. The number of hydrogen-bond acceptors (Lipinski definition) is 2. The lowest BCUT2D eigenvalue weighted by molar-refractivity contribution is 0.547. The van der Waals surface area contributed by atoms with Crippen LogP contribution in [0, 0.1) is 0 Å². The van der Waals surface area contributed by atoms with E-state index in [4.69, 9.17) is 0 Å². The Morgan fingerprint density at radius 3 is 2.56 bits per heavy atom. The summed E-state index contributed by atoms with van der Waals surface area (Å²) in [7, 11) is 0. The third-order valence-corrected chi connectivity index (χ3v) is 3.25. The van der Waals surface area contributed by atoms with Gasteiger partial charge < -0.3 is 0 Å². The summed E-state index contributed by atoms with van der Waals surface area (Å²) in [6, 6.07) is 13.3. The van der Waals surface area contributed by atoms with E-state index < -0.39 is 0 Å². The topological polar surface area (TPSA) is 34.9 Å². The van der Waals surface area contributed by atoms with Crippen molar-refractivity contribution >= 4 is 15.9 Å². The molecule has 4 heteroatoms. The highest BCUT2D eigenvalue weighted by Gasteiger charge is 2.02. The maximum atomic E-state index is 11.7. The first-order valence-electron chi connectivity index (χ1n) is 6.01. The van der Waals surface area contributed by atoms with Crippen LogP contribution in [-0.2, 0) is 6.54 Å². The molecule has 2 aromatic rings. The van der Waals surface area contributed by atoms with E-state index in [9.17, 15) is 4.79 Å². The molecule has 0 unspecified atom stereocenters. The van der Waals surface area contributed by atoms with Crippen LogP contribution in [0.15, 0.2) is 47.3 Å². The highest BCUT2D eigenvalue weighted by atomic mass is 79.9. The first-order valence-corrected chi connectivity index (χ1v) is 7.13. The molecule has 0 aliphatic heterocycles. The Hall–Kier alpha value is -1.42. The Labute approximate surface area is 115 Å². The molecule has 0 saturated carbocycles. The predicted octanol–water partition coefficient (Wildman–Crippen LogP) is 3.09. The van der Waals surface area contributed by atoms with Crippen molar-refractivity contribution in [2.24, 2.45) is 0 Å². The van der Waals surface area contributed by atoms with Gasteiger partial charge in [-0.1, -0.05) is 46.3 Å². The van der Waals surface area contributed by atoms with E-state index in [1.807, 2.05) is 30.3 Å². The summed E-state index contributed by atoms with van der Waals surface area (Å²) in [5, 5.41) is 5.36. The number of halogens is 1. The number of nitrogens with zero attached hydrogens (tertiary/aromatic N) is 2. The number of aryl methyl sites for hydroxylation is 1. The van der Waals surface area contributed by atoms with Crippen molar-refractivity contribution in [2.45, 2.75) is 19.4 Å². The smallest absolute Gasteiger partial charge is 0.266 e. The first kappa shape index (κ1) is 13.0. The molecule has 3 nitrogen and oxygen atoms in total. The SMILES string of the molecule is O=c1ccc(-c2ccccc2)nn1CCCCBr. The Morgan fingerprint density at radius 1 is 1.06 bits per heavy atom. The van der Waals surface area contributed by atoms with E-state index in [2.05, 4.69) is 21.0 Å². The van der Waals surface area contributed by atoms with Crippen LogP contribution >= 0.6 is 15.9 Å². The minimum atomic E-state index is -0.0377. The van der Waals surface area contributed by atoms with Crippen molar-refractivity contribution in [1.82, 2.24) is 9.78 Å². The molecular weight excluding hydrogens is 292 g/mol. The summed E-state index contributed by atoms with van der Waals surface area (Å²) < 4.78 is 1.55. The van der Waals surface area contributed by atoms with Gasteiger partial charge in [0.05, 0.1) is 5.69 Å². The number of hydrogen-bond donors (Lipinski definition) is 0. The zero-order chi connectivity index (χ0) is 12.8. The molecule has 0 amide bonds. The van der Waals surface area contributed by atoms with Gasteiger partial charge in [-0.15, -0.1) is 0 Å². The number of alkyl halides is 1. The van der Waals surface area contributed by atoms with E-state index >= 15 is 0 Å². The average molecular weight is 307 g/mol. The Kier molecular flexibility index (Phi) is 4.70. The average Bonchev–Trinajstić information content (AvgIpc) is 2.42. The van der Waals surface area contributed by atoms with Gasteiger partial charge in [-0.3, -0.25) is 4.79 Å². The molecule has 0 spiro atoms. The fourth-order valence-corrected chi connectivity index (χ4v) is 2.12. The zero-order valence-electron chi connectivity index (χ0n) is 10.1. The van der Waals surface area contributed by atoms with Crippen LogP contribution in [0.25, 0.3) is 11.3 Å². The summed E-state index contributed by atoms with van der Waals surface area (Å²) in [5.74, 6) is 0. The lowest BCUT2D eigenvalue weighted by atomic mass is 10.1. The second-order valence-electron chi connectivity index (χ2n) is 4.04. The van der Waals surface area contributed by atoms with Crippen molar-refractivity contribution in [3.63, 3.8) is 0 Å². The molecule has 1 aromatic carbocycles. The van der Waals surface area contributed by atoms with Crippen LogP contribution in [-0.4, -0.2) is 15.1 Å². The van der Waals surface area contributed by atoms with Crippen LogP contribution in [0.2, 0.25) is 0 Å². The van der Waals surface area contributed by atoms with E-state index in [0.29, 0.717) is 6.54 Å². The monoisotopic (exact) mass is 306 g/mol. The maximum absolute atomic E-state index is 11.7. The van der Waals surface area contributed by atoms with E-state index in [1.54, 1.807) is 16.8 Å². The Morgan fingerprint density at radius 2 is 1.83 bits per heavy atom. The van der Waals surface area contributed by atoms with Crippen LogP contribution in [0.4, 0.5) is 0 Å². The molecular formula is C14H15BrN2O. The molecule has 0 bridgehead atoms. The molecule has 0 N–H and O–H groups in total. The molecule has 0 atom stereocenters. The van der Waals surface area contributed by atoms with Crippen molar-refractivity contribution < 1.29 is 0 Å². The highest BCUT2D eigenvalue weighted by Crippen LogP contribution is 2.14. The van der Waals surface area contributed by atoms with Gasteiger partial charge in [0, 0.05) is 23.5 Å². The summed E-state index contributed by atoms with van der Waals surface area (Å²) in [6.45, 7) is 0.672. The third kappa shape index (κ3) is 3.29. The standard InChI is InChI=1S/C14H15BrN2O/c15-10-4-5-11-17-14(18)9-8-13(16-17)12-6-2-1-3-7-12/h1-3,6-9H,4-5,10-11H2. The molecule has 18 heavy (non-hydrogen) atoms. The van der Waals surface area contributed by atoms with Gasteiger partial charge in [-0.2, -0.15) is 5.10 Å². The van der Waals surface area contributed by atoms with Crippen LogP contribution in [0.1, 0.15) is 12.8 Å². The first-order chi connectivity index (χ1) is 8.81. The molecule has 0 aliphatic rings. The normalized spacial score (nSPS) is 10.5. The zero-order valence-corrected chi connectivity index (χ0v) is 11.6. The molecule has 2 rings (SSSR count). The van der Waals surface area contributed by atoms with Crippen molar-refractivity contribution in [3.05, 3.63) is 52.8 Å². The molecule has 94 valence electrons. The van der Waals surface area contributed by atoms with Gasteiger partial charge in [0.15, 0.2) is 0 Å². The fourth-order valence-electron chi connectivity index (χ4n) is 1.73. The molecule has 0 saturated heterocycles. The van der Waals surface area contributed by atoms with Crippen molar-refractivity contribution in [3.8, 4) is 11.3 Å². The summed E-state index contributed by atoms with van der Waals surface area (Å²) in [4.78, 5) is 11.7. The van der Waals surface area contributed by atoms with Crippen LogP contribution < -0.4 is 5.56 Å². The number of rotatable bonds is 5. The summed E-state index contributed by atoms with van der Waals surface area (Å²) in [6.07, 6.45) is 2.00. The Bertz CT molecular complexity index is 551. The van der Waals surface area contributed by atoms with E-state index in [0.717, 1.165) is 29.4 Å². The summed E-state index contributed by atoms with van der Waals surface area (Å²) in [5.41, 5.74) is 1.84. The molecule has 0 radical (unpaired) electrons. The predicted molar refractivity (Wildman–Crippen MR) is 77.0 cm³/mol. The quantitative estimate of drug-likeness (QED) is 0.628. The molecule has 0 aliphatic carbocycles. The number of aromatic nitrogens is 2. The van der Waals surface area contributed by atoms with Crippen molar-refractivity contribution in [1.29, 1.82) is 0 Å². The van der Waals surface area contributed by atoms with E-state index in [1.165, 1.54) is 0 Å². The second kappa shape index (κ2) is 6.50. The lowest BCUT2D eigenvalue weighted by Crippen LogP contribution is -2.22. The van der Waals surface area contributed by atoms with Crippen LogP contribution in [0.3, 0.4) is 0 Å². The fraction of sp³-hybridized carbons (Fsp3) is 0.286. The van der Waals surface area contributed by atoms with E-state index in [-0.39, 0.29) is 5.56 Å². The third-order valence-electron chi connectivity index (χ3n) is 2.69. The van der Waals surface area contributed by atoms with Crippen LogP contribution in [0.5, 0.6) is 0 Å². The Balaban J connectivity index is 2.24. The lowest BCUT2D eigenvalue weighted by Gasteiger charge is -2.06. The number of unbranched alkanes of at least 4 members (excludes halogenated alkanes) is 1. The van der Waals surface area contributed by atoms with Gasteiger partial charge in [0.2, 0.25) is 0 Å². The maximum Gasteiger partial charge on any atom is 0.266 e. The molecule has 1 heterocycles. The summed E-state index contributed by atoms with van der Waals surface area (Å²) >= 11 is 3.38. The van der Waals surface area contributed by atoms with Crippen molar-refractivity contribution in [2.75, 3.05) is 5.33 Å². The highest BCUT2D eigenvalue weighted by molar-refractivity contribution is 9.09. The van der Waals surface area contributed by atoms with Gasteiger partial charge in [0.1, 0.15) is 0 Å². The minimum absolute atomic E-state index is 0.0377. The number of benzene rings is 1.